The molecule has 7 heteroatoms. The van der Waals surface area contributed by atoms with E-state index in [1.807, 2.05) is 0 Å². The first-order valence-electron chi connectivity index (χ1n) is 14.7. The van der Waals surface area contributed by atoms with Crippen LogP contribution in [-0.2, 0) is 9.59 Å². The molecule has 0 aromatic rings. The first-order valence-corrected chi connectivity index (χ1v) is 14.7. The maximum absolute atomic E-state index is 12.0. The van der Waals surface area contributed by atoms with Crippen LogP contribution in [0.3, 0.4) is 0 Å². The standard InChI is InChI=1S/C28H57N3O4/c1-2-3-4-5-6-7-11-14-17-20-23-30-27(34)25(32)26(33)28(35)31-24-21-18-15-12-9-8-10-13-16-19-22-29/h25-26,32-33H,2-24,29H2,1H3,(H,30,34)(H,31,35)/t25-,26-/m1/s1. The Balaban J connectivity index is 3.61. The van der Waals surface area contributed by atoms with Crippen LogP contribution >= 0.6 is 0 Å². The van der Waals surface area contributed by atoms with Crippen molar-refractivity contribution in [3.8, 4) is 0 Å². The number of aliphatic hydroxyl groups is 2. The number of carbonyl (C=O) groups is 2. The van der Waals surface area contributed by atoms with Gasteiger partial charge in [0.25, 0.3) is 11.8 Å². The molecule has 0 heterocycles. The Morgan fingerprint density at radius 3 is 1.14 bits per heavy atom. The summed E-state index contributed by atoms with van der Waals surface area (Å²) in [5.41, 5.74) is 5.49. The number of nitrogens with one attached hydrogen (secondary N) is 2. The van der Waals surface area contributed by atoms with E-state index in [9.17, 15) is 19.8 Å². The lowest BCUT2D eigenvalue weighted by molar-refractivity contribution is -0.146. The van der Waals surface area contributed by atoms with Crippen LogP contribution in [-0.4, -0.2) is 53.9 Å². The van der Waals surface area contributed by atoms with Crippen molar-refractivity contribution in [2.24, 2.45) is 5.73 Å². The van der Waals surface area contributed by atoms with Crippen LogP contribution in [0.25, 0.3) is 0 Å². The Morgan fingerprint density at radius 1 is 0.543 bits per heavy atom. The van der Waals surface area contributed by atoms with Gasteiger partial charge in [-0.25, -0.2) is 0 Å². The topological polar surface area (TPSA) is 125 Å². The minimum Gasteiger partial charge on any atom is -0.380 e. The molecule has 0 aromatic carbocycles. The van der Waals surface area contributed by atoms with Gasteiger partial charge in [0.2, 0.25) is 0 Å². The van der Waals surface area contributed by atoms with E-state index in [0.29, 0.717) is 13.1 Å². The maximum atomic E-state index is 12.0. The maximum Gasteiger partial charge on any atom is 0.252 e. The molecule has 0 saturated carbocycles. The van der Waals surface area contributed by atoms with Gasteiger partial charge in [-0.15, -0.1) is 0 Å². The van der Waals surface area contributed by atoms with Crippen molar-refractivity contribution in [1.29, 1.82) is 0 Å². The highest BCUT2D eigenvalue weighted by Gasteiger charge is 2.29. The molecule has 2 amide bonds. The molecule has 35 heavy (non-hydrogen) atoms. The molecule has 0 rings (SSSR count). The number of unbranched alkanes of at least 4 members (excludes halogenated alkanes) is 18. The Bertz CT molecular complexity index is 491. The largest absolute Gasteiger partial charge is 0.380 e. The van der Waals surface area contributed by atoms with Crippen LogP contribution in [0.4, 0.5) is 0 Å². The minimum atomic E-state index is -1.73. The molecule has 0 fully saturated rings. The van der Waals surface area contributed by atoms with Gasteiger partial charge in [0, 0.05) is 13.1 Å². The summed E-state index contributed by atoms with van der Waals surface area (Å²) in [6.45, 7) is 3.92. The first kappa shape index (κ1) is 33.8. The molecule has 0 aliphatic rings. The summed E-state index contributed by atoms with van der Waals surface area (Å²) >= 11 is 0. The molecule has 0 aromatic heterocycles. The SMILES string of the molecule is CCCCCCCCCCCCNC(=O)[C@H](O)[C@@H](O)C(=O)NCCCCCCCCCCCCN. The number of carbonyl (C=O) groups excluding carboxylic acids is 2. The van der Waals surface area contributed by atoms with Crippen LogP contribution in [0.2, 0.25) is 0 Å². The molecular formula is C28H57N3O4. The summed E-state index contributed by atoms with van der Waals surface area (Å²) < 4.78 is 0. The van der Waals surface area contributed by atoms with Gasteiger partial charge < -0.3 is 26.6 Å². The number of aliphatic hydroxyl groups excluding tert-OH is 2. The third-order valence-electron chi connectivity index (χ3n) is 6.60. The number of nitrogens with two attached hydrogens (primary N) is 1. The summed E-state index contributed by atoms with van der Waals surface area (Å²) in [5.74, 6) is -1.38. The fourth-order valence-corrected chi connectivity index (χ4v) is 4.22. The van der Waals surface area contributed by atoms with Crippen LogP contribution in [0.15, 0.2) is 0 Å². The number of hydrogen-bond donors (Lipinski definition) is 5. The Kier molecular flexibility index (Phi) is 25.0. The van der Waals surface area contributed by atoms with Crippen molar-refractivity contribution in [3.63, 3.8) is 0 Å². The van der Waals surface area contributed by atoms with E-state index in [4.69, 9.17) is 5.73 Å². The predicted molar refractivity (Wildman–Crippen MR) is 145 cm³/mol. The highest BCUT2D eigenvalue weighted by Crippen LogP contribution is 2.11. The third-order valence-corrected chi connectivity index (χ3v) is 6.60. The van der Waals surface area contributed by atoms with Gasteiger partial charge in [0.15, 0.2) is 12.2 Å². The van der Waals surface area contributed by atoms with E-state index >= 15 is 0 Å². The molecular weight excluding hydrogens is 442 g/mol. The van der Waals surface area contributed by atoms with Gasteiger partial charge in [-0.05, 0) is 25.8 Å². The molecule has 208 valence electrons. The van der Waals surface area contributed by atoms with E-state index in [2.05, 4.69) is 17.6 Å². The minimum absolute atomic E-state index is 0.446. The lowest BCUT2D eigenvalue weighted by atomic mass is 10.1. The van der Waals surface area contributed by atoms with E-state index in [1.165, 1.54) is 83.5 Å². The normalized spacial score (nSPS) is 12.9. The highest BCUT2D eigenvalue weighted by atomic mass is 16.3. The second-order valence-electron chi connectivity index (χ2n) is 9.98. The van der Waals surface area contributed by atoms with Crippen LogP contribution < -0.4 is 16.4 Å². The van der Waals surface area contributed by atoms with Gasteiger partial charge in [0.1, 0.15) is 0 Å². The van der Waals surface area contributed by atoms with Gasteiger partial charge in [-0.2, -0.15) is 0 Å². The fourth-order valence-electron chi connectivity index (χ4n) is 4.22. The molecule has 7 nitrogen and oxygen atoms in total. The zero-order valence-electron chi connectivity index (χ0n) is 22.7. The molecule has 0 aliphatic carbocycles. The summed E-state index contributed by atoms with van der Waals surface area (Å²) in [6, 6.07) is 0. The summed E-state index contributed by atoms with van der Waals surface area (Å²) in [5, 5.41) is 25.2. The molecule has 0 spiro atoms. The van der Waals surface area contributed by atoms with Gasteiger partial charge in [0.05, 0.1) is 0 Å². The second kappa shape index (κ2) is 25.9. The van der Waals surface area contributed by atoms with E-state index < -0.39 is 24.0 Å². The predicted octanol–water partition coefficient (Wildman–Crippen LogP) is 4.72. The molecule has 6 N–H and O–H groups in total. The molecule has 0 aliphatic heterocycles. The smallest absolute Gasteiger partial charge is 0.252 e. The lowest BCUT2D eigenvalue weighted by Crippen LogP contribution is -2.49. The van der Waals surface area contributed by atoms with Crippen molar-refractivity contribution < 1.29 is 19.8 Å². The summed E-state index contributed by atoms with van der Waals surface area (Å²) in [4.78, 5) is 24.0. The zero-order chi connectivity index (χ0) is 26.0. The van der Waals surface area contributed by atoms with Crippen LogP contribution in [0.1, 0.15) is 135 Å². The van der Waals surface area contributed by atoms with Gasteiger partial charge >= 0.3 is 0 Å². The number of hydrogen-bond acceptors (Lipinski definition) is 5. The van der Waals surface area contributed by atoms with Crippen LogP contribution in [0, 0.1) is 0 Å². The zero-order valence-corrected chi connectivity index (χ0v) is 22.7. The second-order valence-corrected chi connectivity index (χ2v) is 9.98. The molecule has 0 bridgehead atoms. The van der Waals surface area contributed by atoms with Crippen molar-refractivity contribution in [2.45, 2.75) is 148 Å². The Hall–Kier alpha value is -1.18. The van der Waals surface area contributed by atoms with Crippen molar-refractivity contribution in [1.82, 2.24) is 10.6 Å². The third kappa shape index (κ3) is 21.8. The van der Waals surface area contributed by atoms with Crippen LogP contribution in [0.5, 0.6) is 0 Å². The molecule has 2 atom stereocenters. The average Bonchev–Trinajstić information content (AvgIpc) is 2.86. The van der Waals surface area contributed by atoms with E-state index in [0.717, 1.165) is 51.5 Å². The van der Waals surface area contributed by atoms with Crippen molar-refractivity contribution >= 4 is 11.8 Å². The van der Waals surface area contributed by atoms with Gasteiger partial charge in [-0.1, -0.05) is 116 Å². The van der Waals surface area contributed by atoms with E-state index in [1.54, 1.807) is 0 Å². The Morgan fingerprint density at radius 2 is 0.829 bits per heavy atom. The summed E-state index contributed by atoms with van der Waals surface area (Å²) in [7, 11) is 0. The number of rotatable bonds is 26. The first-order chi connectivity index (χ1) is 17.0. The summed E-state index contributed by atoms with van der Waals surface area (Å²) in [6.07, 6.45) is 20.2. The number of amides is 2. The Labute approximate surface area is 215 Å². The average molecular weight is 500 g/mol. The van der Waals surface area contributed by atoms with E-state index in [-0.39, 0.29) is 0 Å². The van der Waals surface area contributed by atoms with Crippen molar-refractivity contribution in [2.75, 3.05) is 19.6 Å². The monoisotopic (exact) mass is 499 g/mol. The molecule has 0 saturated heterocycles. The lowest BCUT2D eigenvalue weighted by Gasteiger charge is -2.17. The van der Waals surface area contributed by atoms with Gasteiger partial charge in [-0.3, -0.25) is 9.59 Å². The molecule has 0 unspecified atom stereocenters. The van der Waals surface area contributed by atoms with Crippen molar-refractivity contribution in [3.05, 3.63) is 0 Å². The fraction of sp³-hybridized carbons (Fsp3) is 0.929. The molecule has 0 radical (unpaired) electrons. The quantitative estimate of drug-likeness (QED) is 0.110. The highest BCUT2D eigenvalue weighted by molar-refractivity contribution is 5.90.